The molecule has 0 bridgehead atoms. The molecule has 2 heterocycles. The topological polar surface area (TPSA) is 77.1 Å². The van der Waals surface area contributed by atoms with Crippen LogP contribution in [0.2, 0.25) is 0 Å². The summed E-state index contributed by atoms with van der Waals surface area (Å²) in [6.45, 7) is 2.14. The summed E-state index contributed by atoms with van der Waals surface area (Å²) >= 11 is 0. The van der Waals surface area contributed by atoms with Gasteiger partial charge in [-0.15, -0.1) is 5.53 Å². The average molecular weight is 181 g/mol. The van der Waals surface area contributed by atoms with Crippen LogP contribution in [0, 0.1) is 0 Å². The van der Waals surface area contributed by atoms with Gasteiger partial charge in [0.15, 0.2) is 5.82 Å². The van der Waals surface area contributed by atoms with Crippen LogP contribution in [-0.4, -0.2) is 27.5 Å². The Bertz CT molecular complexity index is 319. The molecule has 0 aromatic heterocycles. The number of aliphatic hydroxyl groups excluding tert-OH is 1. The predicted octanol–water partition coefficient (Wildman–Crippen LogP) is -0.387. The van der Waals surface area contributed by atoms with E-state index in [0.717, 1.165) is 5.71 Å². The lowest BCUT2D eigenvalue weighted by Crippen LogP contribution is -2.43. The van der Waals surface area contributed by atoms with Crippen LogP contribution < -0.4 is 11.3 Å². The van der Waals surface area contributed by atoms with E-state index in [1.807, 2.05) is 6.92 Å². The lowest BCUT2D eigenvalue weighted by atomic mass is 10.3. The number of hydrazine groups is 2. The fourth-order valence-corrected chi connectivity index (χ4v) is 1.21. The number of nitrogens with two attached hydrogens (primary N) is 1. The lowest BCUT2D eigenvalue weighted by molar-refractivity contribution is 0.107. The summed E-state index contributed by atoms with van der Waals surface area (Å²) in [4.78, 5) is 4.20. The molecular weight excluding hydrogens is 170 g/mol. The van der Waals surface area contributed by atoms with E-state index in [4.69, 9.17) is 5.73 Å². The number of nitrogens with zero attached hydrogens (tertiary/aromatic N) is 3. The van der Waals surface area contributed by atoms with Gasteiger partial charge < -0.3 is 10.8 Å². The molecular formula is C7H11N5O. The Morgan fingerprint density at radius 1 is 1.69 bits per heavy atom. The molecule has 0 aliphatic carbocycles. The maximum absolute atomic E-state index is 9.50. The first-order valence-corrected chi connectivity index (χ1v) is 3.91. The first-order valence-electron chi connectivity index (χ1n) is 3.91. The minimum absolute atomic E-state index is 0.120. The van der Waals surface area contributed by atoms with Crippen LogP contribution in [0.25, 0.3) is 0 Å². The zero-order valence-electron chi connectivity index (χ0n) is 7.23. The Morgan fingerprint density at radius 2 is 2.46 bits per heavy atom. The quantitative estimate of drug-likeness (QED) is 0.513. The number of nitrogens with one attached hydrogen (secondary N) is 1. The molecule has 0 atom stereocenters. The first kappa shape index (κ1) is 8.09. The van der Waals surface area contributed by atoms with Gasteiger partial charge in [-0.1, -0.05) is 0 Å². The summed E-state index contributed by atoms with van der Waals surface area (Å²) < 4.78 is 0. The molecule has 13 heavy (non-hydrogen) atoms. The van der Waals surface area contributed by atoms with Gasteiger partial charge in [-0.25, -0.2) is 10.0 Å². The summed E-state index contributed by atoms with van der Waals surface area (Å²) in [6.07, 6.45) is 3.30. The van der Waals surface area contributed by atoms with Crippen LogP contribution in [0.5, 0.6) is 0 Å². The van der Waals surface area contributed by atoms with Crippen molar-refractivity contribution in [2.45, 2.75) is 6.92 Å². The number of aliphatic imine (C=N–C) groups is 1. The minimum atomic E-state index is 0.120. The number of hydrogen-bond donors (Lipinski definition) is 3. The number of hydrogen-bond acceptors (Lipinski definition) is 6. The molecule has 0 aromatic carbocycles. The lowest BCUT2D eigenvalue weighted by Gasteiger charge is -2.23. The molecule has 0 spiro atoms. The molecule has 0 amide bonds. The molecule has 0 saturated carbocycles. The highest BCUT2D eigenvalue weighted by Gasteiger charge is 2.25. The van der Waals surface area contributed by atoms with Crippen molar-refractivity contribution >= 4 is 5.71 Å². The van der Waals surface area contributed by atoms with Crippen molar-refractivity contribution in [3.8, 4) is 0 Å². The molecule has 2 aliphatic rings. The Kier molecular flexibility index (Phi) is 1.71. The number of allylic oxidation sites excluding steroid dienone is 1. The molecule has 2 aliphatic heterocycles. The fraction of sp³-hybridized carbons (Fsp3) is 0.286. The smallest absolute Gasteiger partial charge is 0.210 e. The van der Waals surface area contributed by atoms with Gasteiger partial charge in [0, 0.05) is 11.8 Å². The van der Waals surface area contributed by atoms with E-state index in [1.165, 1.54) is 5.01 Å². The van der Waals surface area contributed by atoms with Crippen molar-refractivity contribution in [3.63, 3.8) is 0 Å². The highest BCUT2D eigenvalue weighted by molar-refractivity contribution is 5.94. The molecule has 70 valence electrons. The van der Waals surface area contributed by atoms with Crippen LogP contribution in [0.3, 0.4) is 0 Å². The maximum atomic E-state index is 9.50. The third-order valence-electron chi connectivity index (χ3n) is 1.78. The standard InChI is InChI=1S/C7H11N5O/c1-5-2-7(13)12-6(9-5)3-11(4-8)10-12/h2-3,10,13H,4,8H2,1H3. The van der Waals surface area contributed by atoms with Gasteiger partial charge in [0.1, 0.15) is 0 Å². The van der Waals surface area contributed by atoms with Crippen molar-refractivity contribution < 1.29 is 5.11 Å². The SMILES string of the molecule is CC1=NC2=CN(CN)NN2C(O)=C1. The van der Waals surface area contributed by atoms with Crippen LogP contribution in [-0.2, 0) is 0 Å². The Labute approximate surface area is 75.6 Å². The molecule has 0 aromatic rings. The largest absolute Gasteiger partial charge is 0.493 e. The molecule has 2 rings (SSSR count). The summed E-state index contributed by atoms with van der Waals surface area (Å²) in [5.41, 5.74) is 9.01. The number of aliphatic hydroxyl groups is 1. The molecule has 0 saturated heterocycles. The van der Waals surface area contributed by atoms with E-state index in [0.29, 0.717) is 12.5 Å². The average Bonchev–Trinajstić information content (AvgIpc) is 2.47. The van der Waals surface area contributed by atoms with E-state index in [2.05, 4.69) is 10.5 Å². The van der Waals surface area contributed by atoms with Gasteiger partial charge in [-0.2, -0.15) is 0 Å². The third-order valence-corrected chi connectivity index (χ3v) is 1.78. The molecule has 6 heteroatoms. The van der Waals surface area contributed by atoms with Gasteiger partial charge in [-0.3, -0.25) is 5.01 Å². The van der Waals surface area contributed by atoms with E-state index >= 15 is 0 Å². The zero-order valence-corrected chi connectivity index (χ0v) is 7.23. The second kappa shape index (κ2) is 2.75. The zero-order chi connectivity index (χ0) is 9.42. The summed E-state index contributed by atoms with van der Waals surface area (Å²) in [5.74, 6) is 0.762. The monoisotopic (exact) mass is 181 g/mol. The Hall–Kier alpha value is -1.53. The second-order valence-electron chi connectivity index (χ2n) is 2.83. The molecule has 0 unspecified atom stereocenters. The third kappa shape index (κ3) is 1.25. The minimum Gasteiger partial charge on any atom is -0.493 e. The van der Waals surface area contributed by atoms with Crippen LogP contribution in [0.4, 0.5) is 0 Å². The van der Waals surface area contributed by atoms with E-state index in [-0.39, 0.29) is 5.88 Å². The highest BCUT2D eigenvalue weighted by Crippen LogP contribution is 2.20. The van der Waals surface area contributed by atoms with Gasteiger partial charge in [0.25, 0.3) is 0 Å². The maximum Gasteiger partial charge on any atom is 0.210 e. The number of rotatable bonds is 1. The summed E-state index contributed by atoms with van der Waals surface area (Å²) in [7, 11) is 0. The summed E-state index contributed by atoms with van der Waals surface area (Å²) in [5, 5.41) is 12.6. The van der Waals surface area contributed by atoms with Gasteiger partial charge >= 0.3 is 0 Å². The van der Waals surface area contributed by atoms with E-state index < -0.39 is 0 Å². The molecule has 6 nitrogen and oxygen atoms in total. The van der Waals surface area contributed by atoms with Crippen molar-refractivity contribution in [3.05, 3.63) is 24.0 Å². The van der Waals surface area contributed by atoms with E-state index in [1.54, 1.807) is 17.3 Å². The van der Waals surface area contributed by atoms with Crippen LogP contribution in [0.15, 0.2) is 29.0 Å². The molecule has 0 radical (unpaired) electrons. The van der Waals surface area contributed by atoms with E-state index in [9.17, 15) is 5.11 Å². The first-order chi connectivity index (χ1) is 6.20. The van der Waals surface area contributed by atoms with Crippen molar-refractivity contribution in [2.75, 3.05) is 6.67 Å². The van der Waals surface area contributed by atoms with Gasteiger partial charge in [0.2, 0.25) is 5.88 Å². The van der Waals surface area contributed by atoms with Gasteiger partial charge in [-0.05, 0) is 6.92 Å². The molecule has 0 fully saturated rings. The van der Waals surface area contributed by atoms with Crippen LogP contribution in [0.1, 0.15) is 6.92 Å². The Balaban J connectivity index is 2.29. The predicted molar refractivity (Wildman–Crippen MR) is 47.8 cm³/mol. The Morgan fingerprint density at radius 3 is 3.15 bits per heavy atom. The van der Waals surface area contributed by atoms with Gasteiger partial charge in [0.05, 0.1) is 12.9 Å². The molecule has 4 N–H and O–H groups in total. The summed E-state index contributed by atoms with van der Waals surface area (Å²) in [6, 6.07) is 0. The van der Waals surface area contributed by atoms with Crippen LogP contribution >= 0.6 is 0 Å². The highest BCUT2D eigenvalue weighted by atomic mass is 16.3. The van der Waals surface area contributed by atoms with Crippen molar-refractivity contribution in [1.82, 2.24) is 15.6 Å². The second-order valence-corrected chi connectivity index (χ2v) is 2.83. The fourth-order valence-electron chi connectivity index (χ4n) is 1.21. The normalized spacial score (nSPS) is 20.9. The number of fused-ring (bicyclic) bond motifs is 1. The van der Waals surface area contributed by atoms with Crippen molar-refractivity contribution in [1.29, 1.82) is 0 Å². The van der Waals surface area contributed by atoms with Crippen molar-refractivity contribution in [2.24, 2.45) is 10.7 Å².